The van der Waals surface area contributed by atoms with E-state index in [1.807, 2.05) is 30.3 Å². The minimum atomic E-state index is -0.116. The van der Waals surface area contributed by atoms with E-state index in [-0.39, 0.29) is 6.10 Å². The molecule has 1 N–H and O–H groups in total. The zero-order chi connectivity index (χ0) is 11.2. The Balaban J connectivity index is 1.59. The average molecular weight is 221 g/mol. The topological polar surface area (TPSA) is 32.7 Å². The molecule has 0 spiro atoms. The summed E-state index contributed by atoms with van der Waals surface area (Å²) in [5.41, 5.74) is 0. The van der Waals surface area contributed by atoms with Crippen LogP contribution < -0.4 is 4.74 Å². The van der Waals surface area contributed by atoms with Crippen molar-refractivity contribution in [3.63, 3.8) is 0 Å². The second-order valence-electron chi connectivity index (χ2n) is 4.26. The lowest BCUT2D eigenvalue weighted by molar-refractivity contribution is 0.173. The molecule has 3 heteroatoms. The monoisotopic (exact) mass is 221 g/mol. The van der Waals surface area contributed by atoms with Crippen LogP contribution >= 0.6 is 0 Å². The molecule has 1 fully saturated rings. The van der Waals surface area contributed by atoms with Gasteiger partial charge < -0.3 is 14.7 Å². The standard InChI is InChI=1S/C13H19NO2/c15-12-7-9-14(11-12)8-4-10-16-13-5-2-1-3-6-13/h1-3,5-6,12,15H,4,7-11H2/t12-/m0/s1. The van der Waals surface area contributed by atoms with Gasteiger partial charge in [-0.3, -0.25) is 0 Å². The molecule has 1 aromatic rings. The summed E-state index contributed by atoms with van der Waals surface area (Å²) in [5, 5.41) is 9.36. The Morgan fingerprint density at radius 3 is 2.81 bits per heavy atom. The third kappa shape index (κ3) is 3.51. The van der Waals surface area contributed by atoms with Crippen LogP contribution in [0.4, 0.5) is 0 Å². The van der Waals surface area contributed by atoms with Crippen molar-refractivity contribution in [1.29, 1.82) is 0 Å². The first-order chi connectivity index (χ1) is 7.84. The molecule has 0 aromatic heterocycles. The van der Waals surface area contributed by atoms with Crippen LogP contribution in [-0.4, -0.2) is 42.4 Å². The predicted molar refractivity (Wildman–Crippen MR) is 63.6 cm³/mol. The average Bonchev–Trinajstić information content (AvgIpc) is 2.72. The molecule has 0 saturated carbocycles. The molecule has 3 nitrogen and oxygen atoms in total. The fraction of sp³-hybridized carbons (Fsp3) is 0.538. The van der Waals surface area contributed by atoms with E-state index in [2.05, 4.69) is 4.90 Å². The van der Waals surface area contributed by atoms with Crippen LogP contribution in [0.5, 0.6) is 5.75 Å². The van der Waals surface area contributed by atoms with E-state index in [1.165, 1.54) is 0 Å². The Hall–Kier alpha value is -1.06. The van der Waals surface area contributed by atoms with Crippen LogP contribution in [0.15, 0.2) is 30.3 Å². The molecule has 1 aliphatic heterocycles. The fourth-order valence-electron chi connectivity index (χ4n) is 2.01. The Kier molecular flexibility index (Phi) is 4.19. The van der Waals surface area contributed by atoms with Crippen LogP contribution in [0.3, 0.4) is 0 Å². The summed E-state index contributed by atoms with van der Waals surface area (Å²) in [7, 11) is 0. The Morgan fingerprint density at radius 1 is 1.31 bits per heavy atom. The van der Waals surface area contributed by atoms with Crippen LogP contribution in [-0.2, 0) is 0 Å². The van der Waals surface area contributed by atoms with Crippen molar-refractivity contribution in [2.45, 2.75) is 18.9 Å². The maximum atomic E-state index is 9.36. The molecule has 1 atom stereocenters. The summed E-state index contributed by atoms with van der Waals surface area (Å²) >= 11 is 0. The van der Waals surface area contributed by atoms with E-state index in [0.29, 0.717) is 0 Å². The first-order valence-electron chi connectivity index (χ1n) is 5.93. The number of hydrogen-bond donors (Lipinski definition) is 1. The molecule has 0 aliphatic carbocycles. The van der Waals surface area contributed by atoms with E-state index in [9.17, 15) is 5.11 Å². The highest BCUT2D eigenvalue weighted by Crippen LogP contribution is 2.10. The van der Waals surface area contributed by atoms with Gasteiger partial charge in [0, 0.05) is 19.6 Å². The smallest absolute Gasteiger partial charge is 0.119 e. The van der Waals surface area contributed by atoms with Crippen LogP contribution in [0.25, 0.3) is 0 Å². The summed E-state index contributed by atoms with van der Waals surface area (Å²) in [6.07, 6.45) is 1.82. The van der Waals surface area contributed by atoms with Crippen molar-refractivity contribution in [3.8, 4) is 5.75 Å². The van der Waals surface area contributed by atoms with Crippen molar-refractivity contribution >= 4 is 0 Å². The van der Waals surface area contributed by atoms with E-state index >= 15 is 0 Å². The minimum Gasteiger partial charge on any atom is -0.494 e. The van der Waals surface area contributed by atoms with Gasteiger partial charge in [-0.25, -0.2) is 0 Å². The van der Waals surface area contributed by atoms with Gasteiger partial charge in [-0.15, -0.1) is 0 Å². The number of para-hydroxylation sites is 1. The van der Waals surface area contributed by atoms with Crippen LogP contribution in [0, 0.1) is 0 Å². The number of ether oxygens (including phenoxy) is 1. The molecule has 2 rings (SSSR count). The Morgan fingerprint density at radius 2 is 2.12 bits per heavy atom. The summed E-state index contributed by atoms with van der Waals surface area (Å²) in [4.78, 5) is 2.29. The molecule has 1 saturated heterocycles. The van der Waals surface area contributed by atoms with E-state index < -0.39 is 0 Å². The van der Waals surface area contributed by atoms with Crippen molar-refractivity contribution in [3.05, 3.63) is 30.3 Å². The largest absolute Gasteiger partial charge is 0.494 e. The first-order valence-corrected chi connectivity index (χ1v) is 5.93. The lowest BCUT2D eigenvalue weighted by Crippen LogP contribution is -2.24. The number of aliphatic hydroxyl groups excluding tert-OH is 1. The van der Waals surface area contributed by atoms with E-state index in [0.717, 1.165) is 44.8 Å². The van der Waals surface area contributed by atoms with Gasteiger partial charge in [0.2, 0.25) is 0 Å². The molecule has 1 heterocycles. The number of nitrogens with zero attached hydrogens (tertiary/aromatic N) is 1. The number of benzene rings is 1. The zero-order valence-corrected chi connectivity index (χ0v) is 9.51. The van der Waals surface area contributed by atoms with E-state index in [1.54, 1.807) is 0 Å². The molecule has 0 unspecified atom stereocenters. The number of rotatable bonds is 5. The summed E-state index contributed by atoms with van der Waals surface area (Å²) in [6, 6.07) is 9.88. The van der Waals surface area contributed by atoms with Gasteiger partial charge >= 0.3 is 0 Å². The van der Waals surface area contributed by atoms with Crippen molar-refractivity contribution in [1.82, 2.24) is 4.90 Å². The number of β-amino-alcohol motifs (C(OH)–C–C–N with tert-alkyl or cyclic N) is 1. The van der Waals surface area contributed by atoms with Gasteiger partial charge in [0.1, 0.15) is 5.75 Å². The normalized spacial score (nSPS) is 21.2. The molecule has 0 bridgehead atoms. The minimum absolute atomic E-state index is 0.116. The van der Waals surface area contributed by atoms with Gasteiger partial charge in [0.25, 0.3) is 0 Å². The molecule has 0 amide bonds. The maximum absolute atomic E-state index is 9.36. The number of aliphatic hydroxyl groups is 1. The quantitative estimate of drug-likeness (QED) is 0.765. The van der Waals surface area contributed by atoms with Crippen molar-refractivity contribution in [2.75, 3.05) is 26.2 Å². The SMILES string of the molecule is O[C@H]1CCN(CCCOc2ccccc2)C1. The van der Waals surface area contributed by atoms with Crippen molar-refractivity contribution in [2.24, 2.45) is 0 Å². The van der Waals surface area contributed by atoms with Gasteiger partial charge in [0.15, 0.2) is 0 Å². The second kappa shape index (κ2) is 5.87. The lowest BCUT2D eigenvalue weighted by atomic mass is 10.3. The number of likely N-dealkylation sites (tertiary alicyclic amines) is 1. The predicted octanol–water partition coefficient (Wildman–Crippen LogP) is 1.52. The molecule has 88 valence electrons. The summed E-state index contributed by atoms with van der Waals surface area (Å²) in [5.74, 6) is 0.934. The highest BCUT2D eigenvalue weighted by atomic mass is 16.5. The summed E-state index contributed by atoms with van der Waals surface area (Å²) in [6.45, 7) is 3.61. The van der Waals surface area contributed by atoms with Gasteiger partial charge in [-0.1, -0.05) is 18.2 Å². The van der Waals surface area contributed by atoms with Gasteiger partial charge in [-0.05, 0) is 25.0 Å². The lowest BCUT2D eigenvalue weighted by Gasteiger charge is -2.14. The van der Waals surface area contributed by atoms with Crippen LogP contribution in [0.2, 0.25) is 0 Å². The van der Waals surface area contributed by atoms with Crippen LogP contribution in [0.1, 0.15) is 12.8 Å². The highest BCUT2D eigenvalue weighted by molar-refractivity contribution is 5.20. The molecular weight excluding hydrogens is 202 g/mol. The van der Waals surface area contributed by atoms with Gasteiger partial charge in [0.05, 0.1) is 12.7 Å². The number of hydrogen-bond acceptors (Lipinski definition) is 3. The molecule has 1 aromatic carbocycles. The highest BCUT2D eigenvalue weighted by Gasteiger charge is 2.18. The third-order valence-corrected chi connectivity index (χ3v) is 2.88. The molecule has 16 heavy (non-hydrogen) atoms. The molecule has 0 radical (unpaired) electrons. The maximum Gasteiger partial charge on any atom is 0.119 e. The fourth-order valence-corrected chi connectivity index (χ4v) is 2.01. The molecule has 1 aliphatic rings. The second-order valence-corrected chi connectivity index (χ2v) is 4.26. The van der Waals surface area contributed by atoms with E-state index in [4.69, 9.17) is 4.74 Å². The first kappa shape index (κ1) is 11.4. The zero-order valence-electron chi connectivity index (χ0n) is 9.51. The third-order valence-electron chi connectivity index (χ3n) is 2.88. The van der Waals surface area contributed by atoms with Gasteiger partial charge in [-0.2, -0.15) is 0 Å². The Bertz CT molecular complexity index is 302. The Labute approximate surface area is 96.6 Å². The van der Waals surface area contributed by atoms with Crippen molar-refractivity contribution < 1.29 is 9.84 Å². The summed E-state index contributed by atoms with van der Waals surface area (Å²) < 4.78 is 5.60. The molecular formula is C13H19NO2.